The van der Waals surface area contributed by atoms with Crippen molar-refractivity contribution in [2.75, 3.05) is 0 Å². The lowest BCUT2D eigenvalue weighted by molar-refractivity contribution is 0.293. The molecule has 0 aromatic carbocycles. The van der Waals surface area contributed by atoms with Crippen molar-refractivity contribution in [3.05, 3.63) is 12.0 Å². The van der Waals surface area contributed by atoms with Gasteiger partial charge in [-0.2, -0.15) is 0 Å². The maximum atomic E-state index is 11.3. The molecule has 6 heteroatoms. The van der Waals surface area contributed by atoms with Gasteiger partial charge in [-0.25, -0.2) is 13.4 Å². The van der Waals surface area contributed by atoms with Gasteiger partial charge in [0.15, 0.2) is 5.03 Å². The summed E-state index contributed by atoms with van der Waals surface area (Å²) >= 11 is 0. The van der Waals surface area contributed by atoms with Crippen LogP contribution in [-0.4, -0.2) is 18.0 Å². The largest absolute Gasteiger partial charge is 0.333 e. The topological polar surface area (TPSA) is 52.0 Å². The van der Waals surface area contributed by atoms with Crippen molar-refractivity contribution in [1.29, 1.82) is 0 Å². The van der Waals surface area contributed by atoms with Crippen molar-refractivity contribution >= 4 is 19.7 Å². The number of hydrogen-bond acceptors (Lipinski definition) is 3. The van der Waals surface area contributed by atoms with Crippen LogP contribution in [0.25, 0.3) is 0 Å². The molecule has 0 amide bonds. The third-order valence-corrected chi connectivity index (χ3v) is 5.69. The van der Waals surface area contributed by atoms with E-state index in [9.17, 15) is 8.42 Å². The minimum absolute atomic E-state index is 0.0233. The van der Waals surface area contributed by atoms with Gasteiger partial charge >= 0.3 is 0 Å². The van der Waals surface area contributed by atoms with Crippen LogP contribution >= 0.6 is 10.7 Å². The van der Waals surface area contributed by atoms with Gasteiger partial charge in [-0.15, -0.1) is 0 Å². The Morgan fingerprint density at radius 3 is 2.72 bits per heavy atom. The van der Waals surface area contributed by atoms with Crippen molar-refractivity contribution in [1.82, 2.24) is 9.55 Å². The van der Waals surface area contributed by atoms with E-state index in [0.717, 1.165) is 24.2 Å². The summed E-state index contributed by atoms with van der Waals surface area (Å²) in [6, 6.07) is 0. The minimum Gasteiger partial charge on any atom is -0.333 e. The summed E-state index contributed by atoms with van der Waals surface area (Å²) in [6.07, 6.45) is 6.93. The normalized spacial score (nSPS) is 31.1. The fourth-order valence-electron chi connectivity index (χ4n) is 3.63. The molecule has 1 aromatic heterocycles. The molecule has 18 heavy (non-hydrogen) atoms. The molecule has 0 aliphatic heterocycles. The Labute approximate surface area is 112 Å². The third kappa shape index (κ3) is 2.18. The molecule has 4 nitrogen and oxygen atoms in total. The van der Waals surface area contributed by atoms with Crippen LogP contribution in [0.1, 0.15) is 31.5 Å². The van der Waals surface area contributed by atoms with E-state index in [4.69, 9.17) is 10.7 Å². The predicted octanol–water partition coefficient (Wildman–Crippen LogP) is 2.56. The van der Waals surface area contributed by atoms with E-state index in [0.29, 0.717) is 5.92 Å². The van der Waals surface area contributed by atoms with Gasteiger partial charge in [0.05, 0.1) is 0 Å². The Morgan fingerprint density at radius 2 is 2.22 bits per heavy atom. The zero-order valence-electron chi connectivity index (χ0n) is 10.3. The Balaban J connectivity index is 1.79. The van der Waals surface area contributed by atoms with Crippen LogP contribution in [-0.2, 0) is 15.6 Å². The summed E-state index contributed by atoms with van der Waals surface area (Å²) in [5, 5.41) is -0.0233. The number of imidazole rings is 1. The molecule has 0 N–H and O–H groups in total. The first-order valence-corrected chi connectivity index (χ1v) is 8.73. The summed E-state index contributed by atoms with van der Waals surface area (Å²) in [7, 11) is 1.61. The van der Waals surface area contributed by atoms with E-state index < -0.39 is 9.05 Å². The Hall–Kier alpha value is -0.550. The van der Waals surface area contributed by atoms with Crippen molar-refractivity contribution in [3.63, 3.8) is 0 Å². The molecule has 3 atom stereocenters. The molecular formula is C12H17ClN2O2S. The van der Waals surface area contributed by atoms with Crippen molar-refractivity contribution in [2.45, 2.75) is 44.2 Å². The van der Waals surface area contributed by atoms with Gasteiger partial charge in [-0.1, -0.05) is 6.42 Å². The van der Waals surface area contributed by atoms with Gasteiger partial charge in [0.25, 0.3) is 9.05 Å². The summed E-state index contributed by atoms with van der Waals surface area (Å²) in [5.41, 5.74) is 0. The standard InChI is InChI=1S/C12H17ClN2O2S/c1-8-14-12(18(13,16)17)7-15(8)6-11-5-9-2-3-10(11)4-9/h7,9-11H,2-6H2,1H3. The number of halogens is 1. The zero-order chi connectivity index (χ0) is 12.9. The van der Waals surface area contributed by atoms with Crippen LogP contribution in [0.4, 0.5) is 0 Å². The number of rotatable bonds is 3. The highest BCUT2D eigenvalue weighted by molar-refractivity contribution is 8.13. The lowest BCUT2D eigenvalue weighted by Crippen LogP contribution is -2.17. The van der Waals surface area contributed by atoms with Crippen LogP contribution in [0.5, 0.6) is 0 Å². The lowest BCUT2D eigenvalue weighted by Gasteiger charge is -2.22. The average molecular weight is 289 g/mol. The smallest absolute Gasteiger partial charge is 0.280 e. The molecule has 1 aromatic rings. The molecule has 1 heterocycles. The quantitative estimate of drug-likeness (QED) is 0.803. The van der Waals surface area contributed by atoms with Gasteiger partial charge in [0, 0.05) is 23.4 Å². The maximum Gasteiger partial charge on any atom is 0.280 e. The van der Waals surface area contributed by atoms with E-state index >= 15 is 0 Å². The van der Waals surface area contributed by atoms with Gasteiger partial charge in [-0.3, -0.25) is 0 Å². The molecule has 3 unspecified atom stereocenters. The molecule has 2 aliphatic rings. The van der Waals surface area contributed by atoms with Gasteiger partial charge in [-0.05, 0) is 43.9 Å². The maximum absolute atomic E-state index is 11.3. The molecule has 0 spiro atoms. The fourth-order valence-corrected chi connectivity index (χ4v) is 4.35. The average Bonchev–Trinajstić information content (AvgIpc) is 2.93. The van der Waals surface area contributed by atoms with E-state index in [1.54, 1.807) is 6.20 Å². The van der Waals surface area contributed by atoms with E-state index in [2.05, 4.69) is 4.98 Å². The molecule has 0 radical (unpaired) electrons. The molecule has 0 saturated heterocycles. The van der Waals surface area contributed by atoms with Crippen LogP contribution in [0.3, 0.4) is 0 Å². The highest BCUT2D eigenvalue weighted by Crippen LogP contribution is 2.48. The minimum atomic E-state index is -3.71. The summed E-state index contributed by atoms with van der Waals surface area (Å²) in [6.45, 7) is 2.71. The highest BCUT2D eigenvalue weighted by Gasteiger charge is 2.39. The molecule has 2 bridgehead atoms. The first kappa shape index (κ1) is 12.5. The molecular weight excluding hydrogens is 272 g/mol. The van der Waals surface area contributed by atoms with Crippen LogP contribution in [0, 0.1) is 24.7 Å². The Morgan fingerprint density at radius 1 is 1.44 bits per heavy atom. The van der Waals surface area contributed by atoms with Crippen LogP contribution < -0.4 is 0 Å². The second-order valence-electron chi connectivity index (χ2n) is 5.65. The van der Waals surface area contributed by atoms with Gasteiger partial charge < -0.3 is 4.57 Å². The Kier molecular flexibility index (Phi) is 2.94. The molecule has 100 valence electrons. The fraction of sp³-hybridized carbons (Fsp3) is 0.750. The predicted molar refractivity (Wildman–Crippen MR) is 68.9 cm³/mol. The number of nitrogens with zero attached hydrogens (tertiary/aromatic N) is 2. The molecule has 2 fully saturated rings. The number of aryl methyl sites for hydroxylation is 1. The van der Waals surface area contributed by atoms with E-state index in [-0.39, 0.29) is 5.03 Å². The first-order valence-electron chi connectivity index (χ1n) is 6.42. The van der Waals surface area contributed by atoms with Crippen LogP contribution in [0.15, 0.2) is 11.2 Å². The monoisotopic (exact) mass is 288 g/mol. The lowest BCUT2D eigenvalue weighted by atomic mass is 9.89. The first-order chi connectivity index (χ1) is 8.43. The molecule has 2 aliphatic carbocycles. The van der Waals surface area contributed by atoms with Gasteiger partial charge in [0.1, 0.15) is 5.82 Å². The summed E-state index contributed by atoms with van der Waals surface area (Å²) in [4.78, 5) is 4.03. The molecule has 3 rings (SSSR count). The Bertz CT molecular complexity index is 567. The summed E-state index contributed by atoms with van der Waals surface area (Å²) < 4.78 is 24.5. The van der Waals surface area contributed by atoms with Crippen LogP contribution in [0.2, 0.25) is 0 Å². The van der Waals surface area contributed by atoms with Gasteiger partial charge in [0.2, 0.25) is 0 Å². The van der Waals surface area contributed by atoms with Crippen molar-refractivity contribution in [3.8, 4) is 0 Å². The van der Waals surface area contributed by atoms with E-state index in [1.807, 2.05) is 11.5 Å². The number of aromatic nitrogens is 2. The number of hydrogen-bond donors (Lipinski definition) is 0. The third-order valence-electron chi connectivity index (χ3n) is 4.52. The van der Waals surface area contributed by atoms with Crippen molar-refractivity contribution in [2.24, 2.45) is 17.8 Å². The SMILES string of the molecule is Cc1nc(S(=O)(=O)Cl)cn1CC1CC2CCC1C2. The zero-order valence-corrected chi connectivity index (χ0v) is 11.9. The second kappa shape index (κ2) is 4.23. The van der Waals surface area contributed by atoms with Crippen molar-refractivity contribution < 1.29 is 8.42 Å². The second-order valence-corrected chi connectivity index (χ2v) is 8.16. The molecule has 2 saturated carbocycles. The highest BCUT2D eigenvalue weighted by atomic mass is 35.7. The number of fused-ring (bicyclic) bond motifs is 2. The summed E-state index contributed by atoms with van der Waals surface area (Å²) in [5.74, 6) is 3.15. The van der Waals surface area contributed by atoms with E-state index in [1.165, 1.54) is 25.7 Å².